The molecule has 1 saturated carbocycles. The number of carbonyl (C=O) groups excluding carboxylic acids is 2. The molecule has 8 aromatic carbocycles. The third kappa shape index (κ3) is 6.04. The predicted octanol–water partition coefficient (Wildman–Crippen LogP) is 8.29. The van der Waals surface area contributed by atoms with Crippen LogP contribution < -0.4 is 42.5 Å². The lowest BCUT2D eigenvalue weighted by Gasteiger charge is -2.58. The molecule has 0 radical (unpaired) electrons. The van der Waals surface area contributed by atoms with Gasteiger partial charge < -0.3 is 10.6 Å². The summed E-state index contributed by atoms with van der Waals surface area (Å²) in [6.07, 6.45) is 0. The molecule has 4 nitrogen and oxygen atoms in total. The number of carbonyl (C=O) groups is 2. The van der Waals surface area contributed by atoms with Gasteiger partial charge >= 0.3 is 0 Å². The molecular weight excluding hydrogens is 783 g/mol. The summed E-state index contributed by atoms with van der Waals surface area (Å²) in [5.41, 5.74) is 6.08. The highest BCUT2D eigenvalue weighted by atomic mass is 31.1. The molecule has 0 aliphatic heterocycles. The van der Waals surface area contributed by atoms with Crippen LogP contribution in [0.3, 0.4) is 0 Å². The van der Waals surface area contributed by atoms with Crippen LogP contribution in [0.1, 0.15) is 54.8 Å². The van der Waals surface area contributed by atoms with Gasteiger partial charge in [-0.05, 0) is 82.1 Å². The second kappa shape index (κ2) is 15.5. The molecule has 0 aromatic heterocycles. The van der Waals surface area contributed by atoms with Crippen LogP contribution in [-0.4, -0.2) is 23.9 Å². The molecular formula is C55H42N2O2P2. The molecule has 0 bridgehead atoms. The van der Waals surface area contributed by atoms with E-state index in [4.69, 9.17) is 0 Å². The van der Waals surface area contributed by atoms with E-state index in [0.29, 0.717) is 11.1 Å². The molecule has 1 fully saturated rings. The van der Waals surface area contributed by atoms with Gasteiger partial charge in [-0.1, -0.05) is 206 Å². The lowest BCUT2D eigenvalue weighted by atomic mass is 9.43. The Kier molecular flexibility index (Phi) is 9.57. The van der Waals surface area contributed by atoms with E-state index in [1.807, 2.05) is 60.7 Å². The summed E-state index contributed by atoms with van der Waals surface area (Å²) < 4.78 is 0. The second-order valence-electron chi connectivity index (χ2n) is 16.0. The summed E-state index contributed by atoms with van der Waals surface area (Å²) in [4.78, 5) is 30.5. The van der Waals surface area contributed by atoms with E-state index in [0.717, 1.165) is 10.6 Å². The lowest BCUT2D eigenvalue weighted by Crippen LogP contribution is -2.54. The van der Waals surface area contributed by atoms with Crippen molar-refractivity contribution < 1.29 is 9.59 Å². The lowest BCUT2D eigenvalue weighted by molar-refractivity contribution is 0.0886. The van der Waals surface area contributed by atoms with E-state index >= 15 is 9.59 Å². The normalized spacial score (nSPS) is 20.3. The minimum Gasteiger partial charge on any atom is -0.347 e. The summed E-state index contributed by atoms with van der Waals surface area (Å²) in [5, 5.41) is 14.0. The van der Waals surface area contributed by atoms with Gasteiger partial charge in [0.25, 0.3) is 11.8 Å². The average molecular weight is 825 g/mol. The summed E-state index contributed by atoms with van der Waals surface area (Å²) in [6, 6.07) is 74.9. The van der Waals surface area contributed by atoms with E-state index in [1.54, 1.807) is 0 Å². The Balaban J connectivity index is 1.01. The van der Waals surface area contributed by atoms with Crippen molar-refractivity contribution in [3.63, 3.8) is 0 Å². The van der Waals surface area contributed by atoms with Gasteiger partial charge in [0.1, 0.15) is 0 Å². The predicted molar refractivity (Wildman–Crippen MR) is 252 cm³/mol. The Morgan fingerprint density at radius 2 is 0.656 bits per heavy atom. The molecule has 3 aliphatic rings. The molecule has 2 N–H and O–H groups in total. The molecule has 5 atom stereocenters. The van der Waals surface area contributed by atoms with Crippen molar-refractivity contribution in [2.75, 3.05) is 0 Å². The third-order valence-electron chi connectivity index (χ3n) is 13.0. The molecule has 1 spiro atoms. The Morgan fingerprint density at radius 3 is 1.02 bits per heavy atom. The van der Waals surface area contributed by atoms with Crippen molar-refractivity contribution >= 4 is 59.5 Å². The molecule has 8 aromatic rings. The van der Waals surface area contributed by atoms with Crippen molar-refractivity contribution in [3.05, 3.63) is 252 Å². The highest BCUT2D eigenvalue weighted by Crippen LogP contribution is 2.75. The molecule has 294 valence electrons. The van der Waals surface area contributed by atoms with Crippen molar-refractivity contribution in [3.8, 4) is 0 Å². The van der Waals surface area contributed by atoms with E-state index in [-0.39, 0.29) is 41.1 Å². The summed E-state index contributed by atoms with van der Waals surface area (Å²) >= 11 is 0. The number of nitrogens with one attached hydrogen (secondary N) is 2. The maximum absolute atomic E-state index is 15.2. The van der Waals surface area contributed by atoms with Crippen molar-refractivity contribution in [2.24, 2.45) is 0 Å². The number of benzene rings is 8. The van der Waals surface area contributed by atoms with Crippen LogP contribution in [0.4, 0.5) is 0 Å². The van der Waals surface area contributed by atoms with Crippen LogP contribution in [0.2, 0.25) is 0 Å². The topological polar surface area (TPSA) is 58.2 Å². The molecule has 6 heteroatoms. The van der Waals surface area contributed by atoms with E-state index in [1.165, 1.54) is 43.5 Å². The first-order chi connectivity index (χ1) is 30.1. The quantitative estimate of drug-likeness (QED) is 0.137. The number of rotatable bonds is 10. The molecule has 1 unspecified atom stereocenters. The van der Waals surface area contributed by atoms with Gasteiger partial charge in [0.2, 0.25) is 0 Å². The minimum absolute atomic E-state index is 0.0178. The fourth-order valence-electron chi connectivity index (χ4n) is 10.7. The summed E-state index contributed by atoms with van der Waals surface area (Å²) in [7, 11) is -2.09. The van der Waals surface area contributed by atoms with Gasteiger partial charge in [-0.15, -0.1) is 0 Å². The van der Waals surface area contributed by atoms with Crippen LogP contribution in [0.25, 0.3) is 0 Å². The smallest absolute Gasteiger partial charge is 0.252 e. The summed E-state index contributed by atoms with van der Waals surface area (Å²) in [6.45, 7) is 0. The van der Waals surface area contributed by atoms with Gasteiger partial charge in [0.05, 0.1) is 12.1 Å². The molecule has 0 heterocycles. The number of fused-ring (bicyclic) bond motifs is 4. The molecule has 2 amide bonds. The first-order valence-corrected chi connectivity index (χ1v) is 23.6. The van der Waals surface area contributed by atoms with Crippen molar-refractivity contribution in [2.45, 2.75) is 29.3 Å². The molecule has 0 saturated heterocycles. The standard InChI is InChI=1S/C55H42N2O2P2/c58-53(43-31-15-19-35-47(43)60(37-21-5-1-6-22-37)38-23-7-2-8-24-38)56-51-49-41-29-13-17-33-45(41)55(49)46-34-18-14-30-42(46)50(55)52(51)57-54(59)44-32-16-20-36-48(44)61(39-25-9-3-10-26-39)40-27-11-4-12-28-40/h1-36,49-52H,(H,56,58)(H,57,59)/t49-,50?,51-,52-,55-/m1/s1. The molecule has 11 rings (SSSR count). The van der Waals surface area contributed by atoms with E-state index < -0.39 is 15.8 Å². The van der Waals surface area contributed by atoms with Crippen LogP contribution in [0.5, 0.6) is 0 Å². The third-order valence-corrected chi connectivity index (χ3v) is 18.0. The van der Waals surface area contributed by atoms with Gasteiger partial charge in [-0.3, -0.25) is 9.59 Å². The van der Waals surface area contributed by atoms with Gasteiger partial charge in [0.15, 0.2) is 0 Å². The monoisotopic (exact) mass is 824 g/mol. The Hall–Kier alpha value is -6.44. The molecule has 3 aliphatic carbocycles. The average Bonchev–Trinajstić information content (AvgIpc) is 3.50. The summed E-state index contributed by atoms with van der Waals surface area (Å²) in [5.74, 6) is -0.283. The largest absolute Gasteiger partial charge is 0.347 e. The van der Waals surface area contributed by atoms with Crippen molar-refractivity contribution in [1.82, 2.24) is 10.6 Å². The Bertz CT molecular complexity index is 2630. The Labute approximate surface area is 359 Å². The molecule has 61 heavy (non-hydrogen) atoms. The van der Waals surface area contributed by atoms with E-state index in [9.17, 15) is 0 Å². The van der Waals surface area contributed by atoms with Gasteiger partial charge in [0, 0.05) is 28.4 Å². The van der Waals surface area contributed by atoms with Gasteiger partial charge in [-0.25, -0.2) is 0 Å². The fraction of sp³-hybridized carbons (Fsp3) is 0.0909. The van der Waals surface area contributed by atoms with Crippen LogP contribution >= 0.6 is 15.8 Å². The second-order valence-corrected chi connectivity index (χ2v) is 20.4. The fourth-order valence-corrected chi connectivity index (χ4v) is 15.6. The number of hydrogen-bond acceptors (Lipinski definition) is 2. The van der Waals surface area contributed by atoms with Crippen LogP contribution in [0.15, 0.2) is 218 Å². The SMILES string of the molecule is O=C(N[C@H]1[C@H](NC(=O)c2ccccc2P(c2ccccc2)c2ccccc2)C2c3ccccc3[C@@]23c2ccccc2[C@H]13)c1ccccc1P(c1ccccc1)c1ccccc1. The van der Waals surface area contributed by atoms with E-state index in [2.05, 4.69) is 168 Å². The zero-order valence-electron chi connectivity index (χ0n) is 33.3. The Morgan fingerprint density at radius 1 is 0.361 bits per heavy atom. The van der Waals surface area contributed by atoms with Gasteiger partial charge in [-0.2, -0.15) is 0 Å². The van der Waals surface area contributed by atoms with Crippen molar-refractivity contribution in [1.29, 1.82) is 0 Å². The minimum atomic E-state index is -1.04. The van der Waals surface area contributed by atoms with Crippen LogP contribution in [0, 0.1) is 0 Å². The van der Waals surface area contributed by atoms with Crippen LogP contribution in [-0.2, 0) is 5.41 Å². The first kappa shape index (κ1) is 37.6. The maximum Gasteiger partial charge on any atom is 0.252 e. The maximum atomic E-state index is 15.2. The first-order valence-electron chi connectivity index (χ1n) is 20.9. The number of amides is 2. The number of hydrogen-bond donors (Lipinski definition) is 2. The zero-order valence-corrected chi connectivity index (χ0v) is 35.1. The highest BCUT2D eigenvalue weighted by molar-refractivity contribution is 7.80. The zero-order chi connectivity index (χ0) is 40.9. The highest BCUT2D eigenvalue weighted by Gasteiger charge is 2.74.